The van der Waals surface area contributed by atoms with E-state index in [4.69, 9.17) is 23.2 Å². The van der Waals surface area contributed by atoms with Crippen molar-refractivity contribution in [2.24, 2.45) is 7.05 Å². The highest BCUT2D eigenvalue weighted by Gasteiger charge is 2.34. The summed E-state index contributed by atoms with van der Waals surface area (Å²) in [6.07, 6.45) is -4.51. The molecule has 0 unspecified atom stereocenters. The molecule has 0 fully saturated rings. The largest absolute Gasteiger partial charge is 0.417 e. The molecule has 8 heteroatoms. The normalized spacial score (nSPS) is 11.9. The molecule has 0 saturated heterocycles. The number of alkyl halides is 3. The lowest BCUT2D eigenvalue weighted by Gasteiger charge is -2.13. The monoisotopic (exact) mass is 421 g/mol. The first-order chi connectivity index (χ1) is 13.3. The van der Waals surface area contributed by atoms with Crippen molar-refractivity contribution in [2.75, 3.05) is 0 Å². The van der Waals surface area contributed by atoms with Gasteiger partial charge in [-0.3, -0.25) is 0 Å². The van der Waals surface area contributed by atoms with E-state index in [2.05, 4.69) is 10.2 Å². The maximum Gasteiger partial charge on any atom is 0.417 e. The number of aromatic nitrogens is 3. The number of nitrogens with zero attached hydrogens (tertiary/aromatic N) is 3. The zero-order chi connectivity index (χ0) is 20.1. The van der Waals surface area contributed by atoms with Gasteiger partial charge in [-0.05, 0) is 12.1 Å². The Kier molecular flexibility index (Phi) is 4.56. The van der Waals surface area contributed by atoms with Crippen LogP contribution in [0.2, 0.25) is 10.0 Å². The molecule has 0 saturated carbocycles. The molecular formula is C20H12Cl2F3N3. The van der Waals surface area contributed by atoms with Gasteiger partial charge in [0.1, 0.15) is 0 Å². The number of hydrogen-bond acceptors (Lipinski definition) is 2. The molecule has 3 aromatic carbocycles. The maximum absolute atomic E-state index is 13.4. The highest BCUT2D eigenvalue weighted by Crippen LogP contribution is 2.40. The molecule has 4 aromatic rings. The van der Waals surface area contributed by atoms with Crippen LogP contribution in [0.25, 0.3) is 33.5 Å². The van der Waals surface area contributed by atoms with Crippen molar-refractivity contribution in [1.29, 1.82) is 0 Å². The van der Waals surface area contributed by atoms with E-state index in [0.717, 1.165) is 16.8 Å². The van der Waals surface area contributed by atoms with E-state index in [1.54, 1.807) is 13.1 Å². The summed E-state index contributed by atoms with van der Waals surface area (Å²) in [5.41, 5.74) is -0.338. The van der Waals surface area contributed by atoms with Gasteiger partial charge in [-0.15, -0.1) is 10.2 Å². The highest BCUT2D eigenvalue weighted by atomic mass is 35.5. The van der Waals surface area contributed by atoms with E-state index < -0.39 is 11.7 Å². The Morgan fingerprint density at radius 2 is 1.39 bits per heavy atom. The van der Waals surface area contributed by atoms with Gasteiger partial charge in [0.15, 0.2) is 11.6 Å². The molecule has 142 valence electrons. The van der Waals surface area contributed by atoms with Gasteiger partial charge in [0.05, 0.1) is 10.6 Å². The lowest BCUT2D eigenvalue weighted by molar-refractivity contribution is -0.137. The second-order valence-corrected chi connectivity index (χ2v) is 7.00. The van der Waals surface area contributed by atoms with Crippen molar-refractivity contribution in [3.63, 3.8) is 0 Å². The van der Waals surface area contributed by atoms with E-state index in [-0.39, 0.29) is 11.4 Å². The predicted molar refractivity (Wildman–Crippen MR) is 104 cm³/mol. The Hall–Kier alpha value is -2.57. The quantitative estimate of drug-likeness (QED) is 0.363. The third-order valence-electron chi connectivity index (χ3n) is 4.52. The molecule has 0 aliphatic rings. The Bertz CT molecular complexity index is 1200. The van der Waals surface area contributed by atoms with Gasteiger partial charge in [-0.1, -0.05) is 65.7 Å². The van der Waals surface area contributed by atoms with Crippen molar-refractivity contribution < 1.29 is 13.2 Å². The smallest absolute Gasteiger partial charge is 0.310 e. The van der Waals surface area contributed by atoms with Gasteiger partial charge < -0.3 is 4.57 Å². The van der Waals surface area contributed by atoms with Crippen LogP contribution in [0.15, 0.2) is 54.6 Å². The summed E-state index contributed by atoms with van der Waals surface area (Å²) in [5.74, 6) is 0.410. The fourth-order valence-electron chi connectivity index (χ4n) is 3.18. The SMILES string of the molecule is Cn1c(-c2ccccc2C(F)(F)F)nnc1-c1cc(Cl)c2ccccc2c1Cl. The minimum atomic E-state index is -4.51. The lowest BCUT2D eigenvalue weighted by Crippen LogP contribution is -2.08. The van der Waals surface area contributed by atoms with Crippen LogP contribution in [0.4, 0.5) is 13.2 Å². The molecule has 0 amide bonds. The summed E-state index contributed by atoms with van der Waals surface area (Å²) in [4.78, 5) is 0. The second kappa shape index (κ2) is 6.79. The molecule has 1 aromatic heterocycles. The molecule has 28 heavy (non-hydrogen) atoms. The van der Waals surface area contributed by atoms with Gasteiger partial charge in [-0.2, -0.15) is 13.2 Å². The Labute approximate surface area is 168 Å². The van der Waals surface area contributed by atoms with E-state index >= 15 is 0 Å². The first kappa shape index (κ1) is 18.8. The number of halogens is 5. The molecule has 4 rings (SSSR count). The van der Waals surface area contributed by atoms with Crippen LogP contribution in [-0.4, -0.2) is 14.8 Å². The van der Waals surface area contributed by atoms with Crippen LogP contribution in [0.3, 0.4) is 0 Å². The van der Waals surface area contributed by atoms with Crippen molar-refractivity contribution in [1.82, 2.24) is 14.8 Å². The first-order valence-electron chi connectivity index (χ1n) is 8.22. The van der Waals surface area contributed by atoms with Crippen LogP contribution in [0.5, 0.6) is 0 Å². The maximum atomic E-state index is 13.4. The van der Waals surface area contributed by atoms with Crippen molar-refractivity contribution in [2.45, 2.75) is 6.18 Å². The van der Waals surface area contributed by atoms with Gasteiger partial charge in [0, 0.05) is 34.0 Å². The number of rotatable bonds is 2. The average molecular weight is 422 g/mol. The molecule has 0 atom stereocenters. The van der Waals surface area contributed by atoms with E-state index in [9.17, 15) is 13.2 Å². The Balaban J connectivity index is 1.93. The number of hydrogen-bond donors (Lipinski definition) is 0. The van der Waals surface area contributed by atoms with E-state index in [1.807, 2.05) is 24.3 Å². The third-order valence-corrected chi connectivity index (χ3v) is 5.24. The van der Waals surface area contributed by atoms with Crippen molar-refractivity contribution >= 4 is 34.0 Å². The molecule has 0 radical (unpaired) electrons. The molecule has 1 heterocycles. The lowest BCUT2D eigenvalue weighted by atomic mass is 10.1. The molecule has 0 bridgehead atoms. The fourth-order valence-corrected chi connectivity index (χ4v) is 3.76. The van der Waals surface area contributed by atoms with Crippen LogP contribution in [0, 0.1) is 0 Å². The Morgan fingerprint density at radius 1 is 0.821 bits per heavy atom. The Morgan fingerprint density at radius 3 is 2.07 bits per heavy atom. The summed E-state index contributed by atoms with van der Waals surface area (Å²) in [7, 11) is 1.59. The third kappa shape index (κ3) is 3.02. The van der Waals surface area contributed by atoms with Crippen LogP contribution < -0.4 is 0 Å². The van der Waals surface area contributed by atoms with Crippen LogP contribution >= 0.6 is 23.2 Å². The van der Waals surface area contributed by atoms with Gasteiger partial charge in [-0.25, -0.2) is 0 Å². The molecule has 0 aliphatic heterocycles. The highest BCUT2D eigenvalue weighted by molar-refractivity contribution is 6.42. The number of fused-ring (bicyclic) bond motifs is 1. The van der Waals surface area contributed by atoms with Gasteiger partial charge in [0.2, 0.25) is 0 Å². The average Bonchev–Trinajstić information content (AvgIpc) is 3.05. The molecule has 0 spiro atoms. The molecule has 0 aliphatic carbocycles. The minimum Gasteiger partial charge on any atom is -0.310 e. The van der Waals surface area contributed by atoms with Crippen molar-refractivity contribution in [3.8, 4) is 22.8 Å². The number of benzene rings is 3. The second-order valence-electron chi connectivity index (χ2n) is 6.22. The summed E-state index contributed by atoms with van der Waals surface area (Å²) in [6, 6.07) is 14.2. The van der Waals surface area contributed by atoms with Crippen LogP contribution in [0.1, 0.15) is 5.56 Å². The zero-order valence-corrected chi connectivity index (χ0v) is 15.9. The van der Waals surface area contributed by atoms with Gasteiger partial charge in [0.25, 0.3) is 0 Å². The predicted octanol–water partition coefficient (Wildman–Crippen LogP) is 6.63. The van der Waals surface area contributed by atoms with E-state index in [1.165, 1.54) is 22.8 Å². The van der Waals surface area contributed by atoms with Crippen molar-refractivity contribution in [3.05, 3.63) is 70.2 Å². The summed E-state index contributed by atoms with van der Waals surface area (Å²) >= 11 is 12.9. The summed E-state index contributed by atoms with van der Waals surface area (Å²) in [5, 5.41) is 10.5. The summed E-state index contributed by atoms with van der Waals surface area (Å²) < 4.78 is 41.7. The topological polar surface area (TPSA) is 30.7 Å². The first-order valence-corrected chi connectivity index (χ1v) is 8.97. The molecular weight excluding hydrogens is 410 g/mol. The molecule has 0 N–H and O–H groups in total. The zero-order valence-electron chi connectivity index (χ0n) is 14.4. The molecule has 3 nitrogen and oxygen atoms in total. The van der Waals surface area contributed by atoms with Crippen LogP contribution in [-0.2, 0) is 13.2 Å². The fraction of sp³-hybridized carbons (Fsp3) is 0.100. The van der Waals surface area contributed by atoms with Gasteiger partial charge >= 0.3 is 6.18 Å². The summed E-state index contributed by atoms with van der Waals surface area (Å²) in [6.45, 7) is 0. The van der Waals surface area contributed by atoms with E-state index in [0.29, 0.717) is 21.4 Å². The standard InChI is InChI=1S/C20H12Cl2F3N3/c1-28-18(13-8-4-5-9-15(13)20(23,24)25)26-27-19(28)14-10-16(21)11-6-2-3-7-12(11)17(14)22/h2-10H,1H3. The minimum absolute atomic E-state index is 0.0562.